The number of hydrogen-bond donors (Lipinski definition) is 2. The molecule has 0 amide bonds. The molecule has 1 unspecified atom stereocenters. The first kappa shape index (κ1) is 29.3. The zero-order valence-electron chi connectivity index (χ0n) is 22.8. The Morgan fingerprint density at radius 1 is 1.12 bits per heavy atom. The van der Waals surface area contributed by atoms with Gasteiger partial charge in [-0.2, -0.15) is 4.68 Å². The summed E-state index contributed by atoms with van der Waals surface area (Å²) in [5.74, 6) is -1.12. The summed E-state index contributed by atoms with van der Waals surface area (Å²) in [6.45, 7) is 3.55. The molecule has 5 rings (SSSR count). The Hall–Kier alpha value is -4.17. The Morgan fingerprint density at radius 3 is 2.55 bits per heavy atom. The summed E-state index contributed by atoms with van der Waals surface area (Å²) >= 11 is 0. The second-order valence-electron chi connectivity index (χ2n) is 10.2. The fourth-order valence-corrected chi connectivity index (χ4v) is 5.37. The van der Waals surface area contributed by atoms with E-state index < -0.39 is 23.7 Å². The van der Waals surface area contributed by atoms with Crippen molar-refractivity contribution in [2.45, 2.75) is 51.1 Å². The second-order valence-corrected chi connectivity index (χ2v) is 10.2. The van der Waals surface area contributed by atoms with Crippen molar-refractivity contribution in [3.8, 4) is 11.4 Å². The number of fused-ring (bicyclic) bond motifs is 1. The van der Waals surface area contributed by atoms with Crippen molar-refractivity contribution in [3.05, 3.63) is 74.4 Å². The number of benzene rings is 1. The number of morpholine rings is 1. The second kappa shape index (κ2) is 11.6. The molecule has 3 heterocycles. The van der Waals surface area contributed by atoms with Gasteiger partial charge in [-0.05, 0) is 62.1 Å². The predicted molar refractivity (Wildman–Crippen MR) is 146 cm³/mol. The highest BCUT2D eigenvalue weighted by Gasteiger charge is 2.42. The molecule has 1 saturated heterocycles. The number of hydrogen-bond acceptors (Lipinski definition) is 8. The van der Waals surface area contributed by atoms with Crippen LogP contribution in [0.5, 0.6) is 5.75 Å². The highest BCUT2D eigenvalue weighted by atomic mass is 19.4. The number of ether oxygens (including phenoxy) is 2. The quantitative estimate of drug-likeness (QED) is 0.387. The van der Waals surface area contributed by atoms with E-state index in [9.17, 15) is 32.7 Å². The van der Waals surface area contributed by atoms with Crippen LogP contribution in [0.15, 0.2) is 52.2 Å². The van der Waals surface area contributed by atoms with Gasteiger partial charge in [0.1, 0.15) is 11.4 Å². The summed E-state index contributed by atoms with van der Waals surface area (Å²) in [6, 6.07) is 8.11. The van der Waals surface area contributed by atoms with Gasteiger partial charge in [0.05, 0.1) is 12.3 Å². The lowest BCUT2D eigenvalue weighted by Crippen LogP contribution is -2.56. The van der Waals surface area contributed by atoms with E-state index in [1.54, 1.807) is 25.3 Å². The molecule has 1 aliphatic heterocycles. The van der Waals surface area contributed by atoms with Crippen molar-refractivity contribution in [1.29, 1.82) is 0 Å². The molecule has 2 N–H and O–H groups in total. The number of carboxylic acid groups (broad SMARTS) is 1. The van der Waals surface area contributed by atoms with Gasteiger partial charge < -0.3 is 24.5 Å². The van der Waals surface area contributed by atoms with E-state index in [2.05, 4.69) is 15.2 Å². The lowest BCUT2D eigenvalue weighted by molar-refractivity contribution is -0.274. The van der Waals surface area contributed by atoms with Crippen molar-refractivity contribution in [2.24, 2.45) is 0 Å². The average Bonchev–Trinajstić information content (AvgIpc) is 3.46. The summed E-state index contributed by atoms with van der Waals surface area (Å²) in [5, 5.41) is 17.2. The Bertz CT molecular complexity index is 1590. The molecule has 0 saturated carbocycles. The molecule has 2 aliphatic rings. The van der Waals surface area contributed by atoms with Gasteiger partial charge in [-0.25, -0.2) is 4.79 Å². The van der Waals surface area contributed by atoms with E-state index in [1.165, 1.54) is 16.7 Å². The van der Waals surface area contributed by atoms with E-state index in [1.807, 2.05) is 4.90 Å². The van der Waals surface area contributed by atoms with Gasteiger partial charge >= 0.3 is 12.3 Å². The third kappa shape index (κ3) is 6.04. The van der Waals surface area contributed by atoms with Crippen LogP contribution in [0.4, 0.5) is 24.7 Å². The highest BCUT2D eigenvalue weighted by molar-refractivity contribution is 5.78. The topological polar surface area (TPSA) is 128 Å². The minimum absolute atomic E-state index is 0.215. The van der Waals surface area contributed by atoms with Crippen LogP contribution >= 0.6 is 0 Å². The van der Waals surface area contributed by atoms with E-state index in [0.717, 1.165) is 23.2 Å². The summed E-state index contributed by atoms with van der Waals surface area (Å²) in [7, 11) is 0. The molecule has 1 aromatic carbocycles. The molecular formula is C28H30F3N5O6. The molecule has 42 heavy (non-hydrogen) atoms. The van der Waals surface area contributed by atoms with Crippen molar-refractivity contribution in [3.63, 3.8) is 0 Å². The van der Waals surface area contributed by atoms with Crippen LogP contribution in [0.2, 0.25) is 0 Å². The SMILES string of the molecule is CCC1(C(=O)O)CN(CCn2cccc(Nc3nn(-c4ccc(OC(F)(F)F)cc4)c(=O)c4c3CCC4)c2=O)CCO1. The number of aromatic nitrogens is 3. The first-order chi connectivity index (χ1) is 20.0. The number of halogens is 3. The first-order valence-corrected chi connectivity index (χ1v) is 13.6. The number of rotatable bonds is 9. The molecule has 0 spiro atoms. The van der Waals surface area contributed by atoms with E-state index in [-0.39, 0.29) is 35.6 Å². The largest absolute Gasteiger partial charge is 0.573 e. The van der Waals surface area contributed by atoms with Crippen LogP contribution in [0.25, 0.3) is 5.69 Å². The van der Waals surface area contributed by atoms with Gasteiger partial charge in [-0.15, -0.1) is 18.3 Å². The molecule has 3 aromatic rings. The Kier molecular flexibility index (Phi) is 8.10. The predicted octanol–water partition coefficient (Wildman–Crippen LogP) is 3.09. The van der Waals surface area contributed by atoms with Gasteiger partial charge in [0.25, 0.3) is 11.1 Å². The van der Waals surface area contributed by atoms with E-state index in [4.69, 9.17) is 4.74 Å². The van der Waals surface area contributed by atoms with Crippen molar-refractivity contribution < 1.29 is 32.5 Å². The molecule has 11 nitrogen and oxygen atoms in total. The molecule has 2 aromatic heterocycles. The number of carbonyl (C=O) groups is 1. The van der Waals surface area contributed by atoms with Crippen molar-refractivity contribution in [1.82, 2.24) is 19.2 Å². The van der Waals surface area contributed by atoms with Crippen LogP contribution in [0.3, 0.4) is 0 Å². The minimum atomic E-state index is -4.84. The minimum Gasteiger partial charge on any atom is -0.479 e. The first-order valence-electron chi connectivity index (χ1n) is 13.6. The average molecular weight is 590 g/mol. The van der Waals surface area contributed by atoms with Crippen molar-refractivity contribution >= 4 is 17.5 Å². The molecule has 1 atom stereocenters. The maximum atomic E-state index is 13.4. The number of carboxylic acids is 1. The Morgan fingerprint density at radius 2 is 1.86 bits per heavy atom. The summed E-state index contributed by atoms with van der Waals surface area (Å²) in [4.78, 5) is 40.3. The number of aliphatic carboxylic acids is 1. The van der Waals surface area contributed by atoms with E-state index in [0.29, 0.717) is 55.8 Å². The third-order valence-electron chi connectivity index (χ3n) is 7.63. The molecule has 1 fully saturated rings. The van der Waals surface area contributed by atoms with E-state index >= 15 is 0 Å². The lowest BCUT2D eigenvalue weighted by Gasteiger charge is -2.39. The summed E-state index contributed by atoms with van der Waals surface area (Å²) in [5.41, 5.74) is -0.274. The fraction of sp³-hybridized carbons (Fsp3) is 0.429. The lowest BCUT2D eigenvalue weighted by atomic mass is 9.98. The standard InChI is InChI=1S/C28H30F3N5O6/c1-2-27(26(39)40)17-34(15-16-41-27)13-14-35-12-4-7-22(25(35)38)32-23-20-5-3-6-21(20)24(37)36(33-23)18-8-10-19(11-9-18)42-28(29,30)31/h4,7-12H,2-3,5-6,13-17H2,1H3,(H,32,33)(H,39,40). The molecule has 1 aliphatic carbocycles. The number of pyridine rings is 1. The number of nitrogens with zero attached hydrogens (tertiary/aromatic N) is 4. The molecule has 14 heteroatoms. The normalized spacial score (nSPS) is 19.0. The maximum Gasteiger partial charge on any atom is 0.573 e. The summed E-state index contributed by atoms with van der Waals surface area (Å²) < 4.78 is 49.8. The van der Waals surface area contributed by atoms with Gasteiger partial charge in [0, 0.05) is 43.5 Å². The van der Waals surface area contributed by atoms with Gasteiger partial charge in [0.2, 0.25) is 0 Å². The number of nitrogens with one attached hydrogen (secondary N) is 1. The van der Waals surface area contributed by atoms with Crippen LogP contribution in [0.1, 0.15) is 30.9 Å². The van der Waals surface area contributed by atoms with Crippen molar-refractivity contribution in [2.75, 3.05) is 31.6 Å². The highest BCUT2D eigenvalue weighted by Crippen LogP contribution is 2.28. The third-order valence-corrected chi connectivity index (χ3v) is 7.63. The van der Waals surface area contributed by atoms with Crippen LogP contribution in [0, 0.1) is 0 Å². The smallest absolute Gasteiger partial charge is 0.479 e. The molecule has 224 valence electrons. The monoisotopic (exact) mass is 589 g/mol. The van der Waals surface area contributed by atoms with Gasteiger partial charge in [-0.3, -0.25) is 14.5 Å². The van der Waals surface area contributed by atoms with Crippen LogP contribution in [-0.4, -0.2) is 68.5 Å². The summed E-state index contributed by atoms with van der Waals surface area (Å²) in [6.07, 6.45) is -1.07. The van der Waals surface area contributed by atoms with Gasteiger partial charge in [0.15, 0.2) is 11.4 Å². The number of anilines is 2. The zero-order valence-corrected chi connectivity index (χ0v) is 22.8. The molecular weight excluding hydrogens is 559 g/mol. The fourth-order valence-electron chi connectivity index (χ4n) is 5.37. The maximum absolute atomic E-state index is 13.4. The number of alkyl halides is 3. The molecule has 0 bridgehead atoms. The molecule has 0 radical (unpaired) electrons. The zero-order chi connectivity index (χ0) is 30.1. The Labute approximate surface area is 238 Å². The van der Waals surface area contributed by atoms with Crippen LogP contribution < -0.4 is 21.2 Å². The van der Waals surface area contributed by atoms with Crippen LogP contribution in [-0.2, 0) is 28.9 Å². The Balaban J connectivity index is 1.38. The van der Waals surface area contributed by atoms with Gasteiger partial charge in [-0.1, -0.05) is 6.92 Å².